The van der Waals surface area contributed by atoms with Crippen LogP contribution in [0.25, 0.3) is 0 Å². The lowest BCUT2D eigenvalue weighted by Crippen LogP contribution is -2.35. The molecule has 0 unspecified atom stereocenters. The first-order chi connectivity index (χ1) is 7.46. The average molecular weight is 246 g/mol. The Morgan fingerprint density at radius 1 is 1.50 bits per heavy atom. The molecule has 0 spiro atoms. The van der Waals surface area contributed by atoms with Gasteiger partial charge in [-0.15, -0.1) is 0 Å². The van der Waals surface area contributed by atoms with Gasteiger partial charge in [-0.25, -0.2) is 13.1 Å². The van der Waals surface area contributed by atoms with E-state index in [2.05, 4.69) is 4.72 Å². The van der Waals surface area contributed by atoms with Crippen LogP contribution in [0.2, 0.25) is 0 Å². The number of hydrogen-bond acceptors (Lipinski definition) is 4. The Morgan fingerprint density at radius 3 is 2.62 bits per heavy atom. The fraction of sp³-hybridized carbons (Fsp3) is 0.600. The normalized spacial score (nSPS) is 14.2. The molecule has 0 aromatic carbocycles. The van der Waals surface area contributed by atoms with Gasteiger partial charge in [0.2, 0.25) is 10.0 Å². The third kappa shape index (κ3) is 3.62. The van der Waals surface area contributed by atoms with Crippen molar-refractivity contribution in [3.63, 3.8) is 0 Å². The van der Waals surface area contributed by atoms with Crippen LogP contribution in [0.15, 0.2) is 22.8 Å². The van der Waals surface area contributed by atoms with Gasteiger partial charge in [-0.3, -0.25) is 4.90 Å². The average Bonchev–Trinajstić information content (AvgIpc) is 2.71. The molecule has 0 aliphatic carbocycles. The molecule has 6 heteroatoms. The molecule has 1 atom stereocenters. The SMILES string of the molecule is CCS(=O)(=O)NC[C@H](c1ccco1)N(C)C. The lowest BCUT2D eigenvalue weighted by Gasteiger charge is -2.22. The van der Waals surface area contributed by atoms with Gasteiger partial charge in [0, 0.05) is 6.54 Å². The predicted molar refractivity (Wildman–Crippen MR) is 62.6 cm³/mol. The van der Waals surface area contributed by atoms with E-state index in [9.17, 15) is 8.42 Å². The van der Waals surface area contributed by atoms with E-state index in [-0.39, 0.29) is 11.8 Å². The van der Waals surface area contributed by atoms with E-state index in [4.69, 9.17) is 4.42 Å². The van der Waals surface area contributed by atoms with Gasteiger partial charge < -0.3 is 4.42 Å². The zero-order chi connectivity index (χ0) is 12.2. The molecule has 0 radical (unpaired) electrons. The van der Waals surface area contributed by atoms with Gasteiger partial charge in [0.05, 0.1) is 18.1 Å². The van der Waals surface area contributed by atoms with Crippen LogP contribution in [-0.2, 0) is 10.0 Å². The molecule has 0 saturated heterocycles. The number of rotatable bonds is 6. The molecule has 5 nitrogen and oxygen atoms in total. The molecule has 0 saturated carbocycles. The smallest absolute Gasteiger partial charge is 0.211 e. The zero-order valence-electron chi connectivity index (χ0n) is 9.80. The molecule has 0 aliphatic rings. The van der Waals surface area contributed by atoms with Crippen LogP contribution >= 0.6 is 0 Å². The Morgan fingerprint density at radius 2 is 2.19 bits per heavy atom. The molecule has 0 aliphatic heterocycles. The van der Waals surface area contributed by atoms with E-state index in [0.717, 1.165) is 5.76 Å². The summed E-state index contributed by atoms with van der Waals surface area (Å²) < 4.78 is 30.5. The lowest BCUT2D eigenvalue weighted by atomic mass is 10.2. The molecular weight excluding hydrogens is 228 g/mol. The fourth-order valence-electron chi connectivity index (χ4n) is 1.33. The highest BCUT2D eigenvalue weighted by atomic mass is 32.2. The molecule has 0 amide bonds. The molecule has 1 aromatic heterocycles. The third-order valence-electron chi connectivity index (χ3n) is 2.37. The minimum atomic E-state index is -3.16. The van der Waals surface area contributed by atoms with E-state index in [1.165, 1.54) is 0 Å². The van der Waals surface area contributed by atoms with E-state index in [1.807, 2.05) is 25.1 Å². The van der Waals surface area contributed by atoms with Gasteiger partial charge in [-0.1, -0.05) is 0 Å². The van der Waals surface area contributed by atoms with Crippen LogP contribution in [0.1, 0.15) is 18.7 Å². The van der Waals surface area contributed by atoms with Crippen molar-refractivity contribution < 1.29 is 12.8 Å². The van der Waals surface area contributed by atoms with Crippen molar-refractivity contribution in [2.24, 2.45) is 0 Å². The lowest BCUT2D eigenvalue weighted by molar-refractivity contribution is 0.259. The summed E-state index contributed by atoms with van der Waals surface area (Å²) in [7, 11) is 0.607. The second-order valence-corrected chi connectivity index (χ2v) is 5.84. The first-order valence-corrected chi connectivity index (χ1v) is 6.78. The Balaban J connectivity index is 2.68. The number of likely N-dealkylation sites (N-methyl/N-ethyl adjacent to an activating group) is 1. The largest absolute Gasteiger partial charge is 0.468 e. The summed E-state index contributed by atoms with van der Waals surface area (Å²) in [4.78, 5) is 1.91. The highest BCUT2D eigenvalue weighted by Crippen LogP contribution is 2.17. The number of nitrogens with zero attached hydrogens (tertiary/aromatic N) is 1. The summed E-state index contributed by atoms with van der Waals surface area (Å²) in [6, 6.07) is 3.54. The summed E-state index contributed by atoms with van der Waals surface area (Å²) in [6.45, 7) is 1.93. The molecule has 1 N–H and O–H groups in total. The van der Waals surface area contributed by atoms with Gasteiger partial charge >= 0.3 is 0 Å². The molecule has 1 rings (SSSR count). The maximum Gasteiger partial charge on any atom is 0.211 e. The van der Waals surface area contributed by atoms with Crippen LogP contribution in [0.5, 0.6) is 0 Å². The van der Waals surface area contributed by atoms with Crippen LogP contribution in [-0.4, -0.2) is 39.7 Å². The van der Waals surface area contributed by atoms with E-state index in [1.54, 1.807) is 19.3 Å². The van der Waals surface area contributed by atoms with Crippen molar-refractivity contribution in [1.29, 1.82) is 0 Å². The van der Waals surface area contributed by atoms with Crippen molar-refractivity contribution in [2.75, 3.05) is 26.4 Å². The van der Waals surface area contributed by atoms with E-state index in [0.29, 0.717) is 6.54 Å². The first-order valence-electron chi connectivity index (χ1n) is 5.13. The van der Waals surface area contributed by atoms with Crippen molar-refractivity contribution in [3.05, 3.63) is 24.2 Å². The van der Waals surface area contributed by atoms with Crippen LogP contribution in [0, 0.1) is 0 Å². The van der Waals surface area contributed by atoms with E-state index >= 15 is 0 Å². The Labute approximate surface area is 96.5 Å². The number of furan rings is 1. The van der Waals surface area contributed by atoms with Crippen molar-refractivity contribution in [2.45, 2.75) is 13.0 Å². The minimum absolute atomic E-state index is 0.0867. The summed E-state index contributed by atoms with van der Waals surface area (Å²) in [5.74, 6) is 0.842. The summed E-state index contributed by atoms with van der Waals surface area (Å²) in [6.07, 6.45) is 1.58. The van der Waals surface area contributed by atoms with Crippen molar-refractivity contribution in [1.82, 2.24) is 9.62 Å². The minimum Gasteiger partial charge on any atom is -0.468 e. The second-order valence-electron chi connectivity index (χ2n) is 3.75. The first kappa shape index (κ1) is 13.2. The Bertz CT molecular complexity index is 398. The maximum atomic E-state index is 11.3. The molecule has 1 heterocycles. The van der Waals surface area contributed by atoms with Gasteiger partial charge in [-0.2, -0.15) is 0 Å². The monoisotopic (exact) mass is 246 g/mol. The van der Waals surface area contributed by atoms with Gasteiger partial charge in [0.15, 0.2) is 0 Å². The van der Waals surface area contributed by atoms with Gasteiger partial charge in [0.25, 0.3) is 0 Å². The van der Waals surface area contributed by atoms with Crippen LogP contribution in [0.4, 0.5) is 0 Å². The van der Waals surface area contributed by atoms with Crippen molar-refractivity contribution in [3.8, 4) is 0 Å². The standard InChI is InChI=1S/C10H18N2O3S/c1-4-16(13,14)11-8-9(12(2)3)10-6-5-7-15-10/h5-7,9,11H,4,8H2,1-3H3/t9-/m1/s1. The number of sulfonamides is 1. The van der Waals surface area contributed by atoms with Gasteiger partial charge in [-0.05, 0) is 33.2 Å². The van der Waals surface area contributed by atoms with Gasteiger partial charge in [0.1, 0.15) is 5.76 Å². The number of hydrogen-bond donors (Lipinski definition) is 1. The zero-order valence-corrected chi connectivity index (χ0v) is 10.6. The molecular formula is C10H18N2O3S. The van der Waals surface area contributed by atoms with Crippen molar-refractivity contribution >= 4 is 10.0 Å². The number of nitrogens with one attached hydrogen (secondary N) is 1. The molecule has 0 bridgehead atoms. The molecule has 16 heavy (non-hydrogen) atoms. The Kier molecular flexibility index (Phi) is 4.52. The quantitative estimate of drug-likeness (QED) is 0.807. The highest BCUT2D eigenvalue weighted by molar-refractivity contribution is 7.89. The van der Waals surface area contributed by atoms with Crippen LogP contribution in [0.3, 0.4) is 0 Å². The Hall–Kier alpha value is -0.850. The molecule has 0 fully saturated rings. The highest BCUT2D eigenvalue weighted by Gasteiger charge is 2.19. The third-order valence-corrected chi connectivity index (χ3v) is 3.74. The topological polar surface area (TPSA) is 62.6 Å². The maximum absolute atomic E-state index is 11.3. The molecule has 92 valence electrons. The second kappa shape index (κ2) is 5.47. The summed E-state index contributed by atoms with van der Waals surface area (Å²) >= 11 is 0. The van der Waals surface area contributed by atoms with Crippen LogP contribution < -0.4 is 4.72 Å². The summed E-state index contributed by atoms with van der Waals surface area (Å²) in [5.41, 5.74) is 0. The molecule has 1 aromatic rings. The predicted octanol–water partition coefficient (Wildman–Crippen LogP) is 0.822. The summed E-state index contributed by atoms with van der Waals surface area (Å²) in [5, 5.41) is 0. The van der Waals surface area contributed by atoms with E-state index < -0.39 is 10.0 Å². The fourth-order valence-corrected chi connectivity index (χ4v) is 1.94.